The highest BCUT2D eigenvalue weighted by Crippen LogP contribution is 2.36. The van der Waals surface area contributed by atoms with E-state index in [1.165, 1.54) is 24.6 Å². The lowest BCUT2D eigenvalue weighted by molar-refractivity contribution is 0.0693. The van der Waals surface area contributed by atoms with Crippen molar-refractivity contribution >= 4 is 18.1 Å². The van der Waals surface area contributed by atoms with E-state index in [9.17, 15) is 19.4 Å². The number of carboxylic acid groups (broad SMARTS) is 1. The first-order chi connectivity index (χ1) is 13.0. The average molecular weight is 370 g/mol. The summed E-state index contributed by atoms with van der Waals surface area (Å²) in [5, 5.41) is 19.8. The minimum atomic E-state index is -1.21. The number of phenols is 1. The molecule has 0 amide bonds. The van der Waals surface area contributed by atoms with Gasteiger partial charge in [0.25, 0.3) is 0 Å². The fraction of sp³-hybridized carbons (Fsp3) is 0.318. The molecule has 0 aromatic heterocycles. The van der Waals surface area contributed by atoms with E-state index in [2.05, 4.69) is 0 Å². The van der Waals surface area contributed by atoms with Gasteiger partial charge in [-0.25, -0.2) is 9.18 Å². The van der Waals surface area contributed by atoms with Gasteiger partial charge >= 0.3 is 5.97 Å². The zero-order valence-corrected chi connectivity index (χ0v) is 15.2. The fourth-order valence-electron chi connectivity index (χ4n) is 3.43. The van der Waals surface area contributed by atoms with Crippen LogP contribution in [0.4, 0.5) is 4.39 Å². The second-order valence-electron chi connectivity index (χ2n) is 6.88. The second-order valence-corrected chi connectivity index (χ2v) is 6.88. The SMILES string of the molecule is Cc1c(OC2CCCCC2)cc(O)c(C(=O)O)c1C=Cc1ccc(F)cc1. The van der Waals surface area contributed by atoms with E-state index >= 15 is 0 Å². The molecule has 2 aromatic carbocycles. The van der Waals surface area contributed by atoms with E-state index in [1.54, 1.807) is 31.2 Å². The summed E-state index contributed by atoms with van der Waals surface area (Å²) < 4.78 is 19.1. The molecule has 0 spiro atoms. The molecule has 5 heteroatoms. The number of aromatic hydroxyl groups is 1. The van der Waals surface area contributed by atoms with E-state index in [-0.39, 0.29) is 23.2 Å². The van der Waals surface area contributed by atoms with Crippen LogP contribution in [0.1, 0.15) is 59.2 Å². The van der Waals surface area contributed by atoms with Gasteiger partial charge < -0.3 is 14.9 Å². The van der Waals surface area contributed by atoms with E-state index in [4.69, 9.17) is 4.74 Å². The van der Waals surface area contributed by atoms with E-state index in [0.717, 1.165) is 31.2 Å². The lowest BCUT2D eigenvalue weighted by Crippen LogP contribution is -2.20. The highest BCUT2D eigenvalue weighted by Gasteiger charge is 2.22. The van der Waals surface area contributed by atoms with Crippen molar-refractivity contribution < 1.29 is 24.1 Å². The van der Waals surface area contributed by atoms with Gasteiger partial charge in [0.1, 0.15) is 22.9 Å². The highest BCUT2D eigenvalue weighted by molar-refractivity contribution is 5.97. The lowest BCUT2D eigenvalue weighted by Gasteiger charge is -2.25. The normalized spacial score (nSPS) is 15.2. The van der Waals surface area contributed by atoms with E-state index in [1.807, 2.05) is 0 Å². The summed E-state index contributed by atoms with van der Waals surface area (Å²) in [6.07, 6.45) is 8.75. The topological polar surface area (TPSA) is 66.8 Å². The molecule has 1 aliphatic carbocycles. The van der Waals surface area contributed by atoms with Gasteiger partial charge in [0.2, 0.25) is 0 Å². The molecular weight excluding hydrogens is 347 g/mol. The summed E-state index contributed by atoms with van der Waals surface area (Å²) in [5.41, 5.74) is 1.61. The van der Waals surface area contributed by atoms with Crippen LogP contribution in [0.3, 0.4) is 0 Å². The summed E-state index contributed by atoms with van der Waals surface area (Å²) in [6.45, 7) is 1.79. The number of benzene rings is 2. The summed E-state index contributed by atoms with van der Waals surface area (Å²) in [5.74, 6) is -1.37. The Kier molecular flexibility index (Phi) is 5.79. The standard InChI is InChI=1S/C22H23FO4/c1-14-18(12-9-15-7-10-16(23)11-8-15)21(22(25)26)19(24)13-20(14)27-17-5-3-2-4-6-17/h7-13,17,24H,2-6H2,1H3,(H,25,26). The number of hydrogen-bond acceptors (Lipinski definition) is 3. The van der Waals surface area contributed by atoms with Crippen molar-refractivity contribution in [2.24, 2.45) is 0 Å². The first-order valence-corrected chi connectivity index (χ1v) is 9.16. The third-order valence-electron chi connectivity index (χ3n) is 4.94. The maximum Gasteiger partial charge on any atom is 0.340 e. The molecule has 0 unspecified atom stereocenters. The Labute approximate surface area is 157 Å². The van der Waals surface area contributed by atoms with Gasteiger partial charge in [-0.3, -0.25) is 0 Å². The van der Waals surface area contributed by atoms with Gasteiger partial charge in [0.05, 0.1) is 6.10 Å². The summed E-state index contributed by atoms with van der Waals surface area (Å²) in [4.78, 5) is 11.7. The molecule has 27 heavy (non-hydrogen) atoms. The third kappa shape index (κ3) is 4.48. The molecule has 4 nitrogen and oxygen atoms in total. The van der Waals surface area contributed by atoms with Crippen LogP contribution in [0, 0.1) is 12.7 Å². The minimum absolute atomic E-state index is 0.0847. The van der Waals surface area contributed by atoms with Gasteiger partial charge in [-0.05, 0) is 61.4 Å². The van der Waals surface area contributed by atoms with Gasteiger partial charge in [-0.1, -0.05) is 30.7 Å². The largest absolute Gasteiger partial charge is 0.507 e. The monoisotopic (exact) mass is 370 g/mol. The van der Waals surface area contributed by atoms with Gasteiger partial charge in [0, 0.05) is 6.07 Å². The third-order valence-corrected chi connectivity index (χ3v) is 4.94. The van der Waals surface area contributed by atoms with Crippen LogP contribution in [0.2, 0.25) is 0 Å². The van der Waals surface area contributed by atoms with Crippen molar-refractivity contribution in [2.45, 2.75) is 45.1 Å². The second kappa shape index (κ2) is 8.25. The molecule has 1 fully saturated rings. The maximum absolute atomic E-state index is 13.1. The smallest absolute Gasteiger partial charge is 0.340 e. The van der Waals surface area contributed by atoms with Crippen LogP contribution in [-0.4, -0.2) is 22.3 Å². The number of aromatic carboxylic acids is 1. The summed E-state index contributed by atoms with van der Waals surface area (Å²) >= 11 is 0. The van der Waals surface area contributed by atoms with Crippen LogP contribution < -0.4 is 4.74 Å². The Morgan fingerprint density at radius 2 is 1.81 bits per heavy atom. The number of carboxylic acids is 1. The fourth-order valence-corrected chi connectivity index (χ4v) is 3.43. The molecule has 0 bridgehead atoms. The molecular formula is C22H23FO4. The molecule has 1 aliphatic rings. The first-order valence-electron chi connectivity index (χ1n) is 9.16. The quantitative estimate of drug-likeness (QED) is 0.690. The number of rotatable bonds is 5. The van der Waals surface area contributed by atoms with Crippen molar-refractivity contribution in [3.8, 4) is 11.5 Å². The van der Waals surface area contributed by atoms with Gasteiger partial charge in [0.15, 0.2) is 0 Å². The van der Waals surface area contributed by atoms with E-state index in [0.29, 0.717) is 16.9 Å². The average Bonchev–Trinajstić information content (AvgIpc) is 2.65. The Morgan fingerprint density at radius 1 is 1.15 bits per heavy atom. The van der Waals surface area contributed by atoms with Crippen LogP contribution in [0.5, 0.6) is 11.5 Å². The maximum atomic E-state index is 13.1. The van der Waals surface area contributed by atoms with Crippen molar-refractivity contribution in [2.75, 3.05) is 0 Å². The molecule has 0 heterocycles. The molecule has 1 saturated carbocycles. The lowest BCUT2D eigenvalue weighted by atomic mass is 9.96. The number of halogens is 1. The summed E-state index contributed by atoms with van der Waals surface area (Å²) in [6, 6.07) is 7.27. The highest BCUT2D eigenvalue weighted by atomic mass is 19.1. The zero-order valence-electron chi connectivity index (χ0n) is 15.2. The van der Waals surface area contributed by atoms with Crippen LogP contribution >= 0.6 is 0 Å². The van der Waals surface area contributed by atoms with Crippen molar-refractivity contribution in [1.82, 2.24) is 0 Å². The molecule has 0 radical (unpaired) electrons. The Morgan fingerprint density at radius 3 is 2.44 bits per heavy atom. The van der Waals surface area contributed by atoms with Gasteiger partial charge in [-0.15, -0.1) is 0 Å². The van der Waals surface area contributed by atoms with Crippen molar-refractivity contribution in [3.63, 3.8) is 0 Å². The first kappa shape index (κ1) is 19.0. The van der Waals surface area contributed by atoms with Crippen LogP contribution in [0.15, 0.2) is 30.3 Å². The molecule has 0 saturated heterocycles. The molecule has 3 rings (SSSR count). The predicted molar refractivity (Wildman–Crippen MR) is 103 cm³/mol. The molecule has 2 N–H and O–H groups in total. The number of hydrogen-bond donors (Lipinski definition) is 2. The molecule has 0 atom stereocenters. The zero-order chi connectivity index (χ0) is 19.4. The predicted octanol–water partition coefficient (Wildman–Crippen LogP) is 5.42. The van der Waals surface area contributed by atoms with E-state index < -0.39 is 5.97 Å². The summed E-state index contributed by atoms with van der Waals surface area (Å²) in [7, 11) is 0. The molecule has 2 aromatic rings. The van der Waals surface area contributed by atoms with Crippen molar-refractivity contribution in [1.29, 1.82) is 0 Å². The number of carbonyl (C=O) groups is 1. The Bertz CT molecular complexity index is 850. The van der Waals surface area contributed by atoms with Gasteiger partial charge in [-0.2, -0.15) is 0 Å². The van der Waals surface area contributed by atoms with Crippen LogP contribution in [-0.2, 0) is 0 Å². The Balaban J connectivity index is 1.98. The van der Waals surface area contributed by atoms with Crippen molar-refractivity contribution in [3.05, 3.63) is 58.4 Å². The minimum Gasteiger partial charge on any atom is -0.507 e. The molecule has 142 valence electrons. The Hall–Kier alpha value is -2.82. The van der Waals surface area contributed by atoms with Crippen LogP contribution in [0.25, 0.3) is 12.2 Å². The number of ether oxygens (including phenoxy) is 1. The molecule has 0 aliphatic heterocycles.